The van der Waals surface area contributed by atoms with Crippen LogP contribution in [0.15, 0.2) is 18.2 Å². The van der Waals surface area contributed by atoms with E-state index in [1.165, 1.54) is 0 Å². The van der Waals surface area contributed by atoms with Crippen molar-refractivity contribution in [2.75, 3.05) is 27.4 Å². The van der Waals surface area contributed by atoms with Crippen LogP contribution in [0.2, 0.25) is 0 Å². The van der Waals surface area contributed by atoms with Gasteiger partial charge in [0.1, 0.15) is 0 Å². The minimum absolute atomic E-state index is 0.0590. The standard InChI is InChI=1S/C15H25NO3/c1-5-15(2,11-17)10-16-9-12-6-7-13(18-3)14(8-12)19-4/h6-8,16-17H,5,9-11H2,1-4H3. The minimum atomic E-state index is -0.0590. The van der Waals surface area contributed by atoms with Crippen LogP contribution in [0.25, 0.3) is 0 Å². The molecule has 0 heterocycles. The highest BCUT2D eigenvalue weighted by Crippen LogP contribution is 2.27. The first kappa shape index (κ1) is 15.8. The van der Waals surface area contributed by atoms with Gasteiger partial charge in [-0.05, 0) is 24.1 Å². The van der Waals surface area contributed by atoms with Crippen LogP contribution in [0, 0.1) is 5.41 Å². The van der Waals surface area contributed by atoms with Crippen molar-refractivity contribution in [1.82, 2.24) is 5.32 Å². The van der Waals surface area contributed by atoms with Gasteiger partial charge in [0.2, 0.25) is 0 Å². The molecule has 1 unspecified atom stereocenters. The van der Waals surface area contributed by atoms with Crippen molar-refractivity contribution < 1.29 is 14.6 Å². The Hall–Kier alpha value is -1.26. The van der Waals surface area contributed by atoms with E-state index >= 15 is 0 Å². The van der Waals surface area contributed by atoms with Crippen LogP contribution in [0.5, 0.6) is 11.5 Å². The van der Waals surface area contributed by atoms with E-state index in [0.29, 0.717) is 0 Å². The SMILES string of the molecule is CCC(C)(CO)CNCc1ccc(OC)c(OC)c1. The molecule has 4 nitrogen and oxygen atoms in total. The molecule has 1 rings (SSSR count). The molecule has 0 aliphatic heterocycles. The van der Waals surface area contributed by atoms with E-state index < -0.39 is 0 Å². The molecule has 0 aliphatic carbocycles. The lowest BCUT2D eigenvalue weighted by Gasteiger charge is -2.26. The third-order valence-electron chi connectivity index (χ3n) is 3.56. The van der Waals surface area contributed by atoms with Crippen molar-refractivity contribution in [2.24, 2.45) is 5.41 Å². The first-order chi connectivity index (χ1) is 9.08. The minimum Gasteiger partial charge on any atom is -0.493 e. The highest BCUT2D eigenvalue weighted by molar-refractivity contribution is 5.42. The van der Waals surface area contributed by atoms with Crippen LogP contribution in [0.1, 0.15) is 25.8 Å². The number of hydrogen-bond acceptors (Lipinski definition) is 4. The summed E-state index contributed by atoms with van der Waals surface area (Å²) in [6.45, 7) is 5.90. The number of methoxy groups -OCH3 is 2. The summed E-state index contributed by atoms with van der Waals surface area (Å²) < 4.78 is 10.5. The second kappa shape index (κ2) is 7.36. The number of hydrogen-bond donors (Lipinski definition) is 2. The van der Waals surface area contributed by atoms with Crippen molar-refractivity contribution in [1.29, 1.82) is 0 Å². The fourth-order valence-electron chi connectivity index (χ4n) is 1.79. The van der Waals surface area contributed by atoms with Crippen LogP contribution in [-0.2, 0) is 6.54 Å². The third-order valence-corrected chi connectivity index (χ3v) is 3.56. The fourth-order valence-corrected chi connectivity index (χ4v) is 1.79. The van der Waals surface area contributed by atoms with Gasteiger partial charge in [-0.25, -0.2) is 0 Å². The predicted octanol–water partition coefficient (Wildman–Crippen LogP) is 2.20. The van der Waals surface area contributed by atoms with E-state index in [-0.39, 0.29) is 12.0 Å². The van der Waals surface area contributed by atoms with Crippen LogP contribution < -0.4 is 14.8 Å². The van der Waals surface area contributed by atoms with Gasteiger partial charge in [-0.15, -0.1) is 0 Å². The molecule has 0 bridgehead atoms. The summed E-state index contributed by atoms with van der Waals surface area (Å²) in [6, 6.07) is 5.88. The van der Waals surface area contributed by atoms with Gasteiger partial charge in [0.15, 0.2) is 11.5 Å². The van der Waals surface area contributed by atoms with E-state index in [4.69, 9.17) is 9.47 Å². The topological polar surface area (TPSA) is 50.7 Å². The number of aliphatic hydroxyl groups is 1. The van der Waals surface area contributed by atoms with Gasteiger partial charge in [0, 0.05) is 25.1 Å². The van der Waals surface area contributed by atoms with Crippen LogP contribution >= 0.6 is 0 Å². The molecule has 0 aliphatic rings. The van der Waals surface area contributed by atoms with Crippen molar-refractivity contribution in [2.45, 2.75) is 26.8 Å². The Morgan fingerprint density at radius 1 is 1.21 bits per heavy atom. The van der Waals surface area contributed by atoms with Crippen molar-refractivity contribution >= 4 is 0 Å². The third kappa shape index (κ3) is 4.40. The summed E-state index contributed by atoms with van der Waals surface area (Å²) in [4.78, 5) is 0. The average molecular weight is 267 g/mol. The molecule has 1 atom stereocenters. The second-order valence-electron chi connectivity index (χ2n) is 5.12. The maximum absolute atomic E-state index is 9.36. The molecule has 4 heteroatoms. The first-order valence-corrected chi connectivity index (χ1v) is 6.61. The Labute approximate surface area is 115 Å². The van der Waals surface area contributed by atoms with E-state index in [2.05, 4.69) is 19.2 Å². The Kier molecular flexibility index (Phi) is 6.12. The summed E-state index contributed by atoms with van der Waals surface area (Å²) in [7, 11) is 3.26. The highest BCUT2D eigenvalue weighted by atomic mass is 16.5. The van der Waals surface area contributed by atoms with E-state index in [9.17, 15) is 5.11 Å². The molecular formula is C15H25NO3. The Bertz CT molecular complexity index is 389. The maximum Gasteiger partial charge on any atom is 0.161 e. The summed E-state index contributed by atoms with van der Waals surface area (Å²) in [5.74, 6) is 1.47. The Morgan fingerprint density at radius 3 is 2.42 bits per heavy atom. The summed E-state index contributed by atoms with van der Waals surface area (Å²) in [5.41, 5.74) is 1.07. The summed E-state index contributed by atoms with van der Waals surface area (Å²) in [5, 5.41) is 12.7. The zero-order valence-corrected chi connectivity index (χ0v) is 12.3. The molecule has 2 N–H and O–H groups in total. The molecule has 19 heavy (non-hydrogen) atoms. The van der Waals surface area contributed by atoms with E-state index in [1.54, 1.807) is 14.2 Å². The van der Waals surface area contributed by atoms with Gasteiger partial charge in [0.05, 0.1) is 14.2 Å². The molecule has 0 radical (unpaired) electrons. The van der Waals surface area contributed by atoms with Gasteiger partial charge in [-0.1, -0.05) is 19.9 Å². The van der Waals surface area contributed by atoms with E-state index in [0.717, 1.165) is 36.6 Å². The highest BCUT2D eigenvalue weighted by Gasteiger charge is 2.20. The molecule has 0 fully saturated rings. The summed E-state index contributed by atoms with van der Waals surface area (Å²) in [6.07, 6.45) is 0.947. The summed E-state index contributed by atoms with van der Waals surface area (Å²) >= 11 is 0. The van der Waals surface area contributed by atoms with Gasteiger partial charge in [-0.3, -0.25) is 0 Å². The quantitative estimate of drug-likeness (QED) is 0.758. The molecule has 0 saturated carbocycles. The fraction of sp³-hybridized carbons (Fsp3) is 0.600. The Morgan fingerprint density at radius 2 is 1.89 bits per heavy atom. The van der Waals surface area contributed by atoms with E-state index in [1.807, 2.05) is 18.2 Å². The van der Waals surface area contributed by atoms with Crippen LogP contribution in [0.3, 0.4) is 0 Å². The lowest BCUT2D eigenvalue weighted by molar-refractivity contribution is 0.135. The van der Waals surface area contributed by atoms with Crippen LogP contribution in [0.4, 0.5) is 0 Å². The number of benzene rings is 1. The molecule has 0 amide bonds. The van der Waals surface area contributed by atoms with Gasteiger partial charge in [0.25, 0.3) is 0 Å². The average Bonchev–Trinajstić information content (AvgIpc) is 2.46. The Balaban J connectivity index is 2.59. The van der Waals surface area contributed by atoms with Crippen molar-refractivity contribution in [3.8, 4) is 11.5 Å². The first-order valence-electron chi connectivity index (χ1n) is 6.61. The number of rotatable bonds is 8. The second-order valence-corrected chi connectivity index (χ2v) is 5.12. The zero-order valence-electron chi connectivity index (χ0n) is 12.3. The normalized spacial score (nSPS) is 13.9. The molecule has 1 aromatic rings. The van der Waals surface area contributed by atoms with Crippen molar-refractivity contribution in [3.05, 3.63) is 23.8 Å². The maximum atomic E-state index is 9.36. The smallest absolute Gasteiger partial charge is 0.161 e. The number of aliphatic hydroxyl groups excluding tert-OH is 1. The molecule has 0 saturated heterocycles. The molecule has 0 aromatic heterocycles. The number of nitrogens with one attached hydrogen (secondary N) is 1. The van der Waals surface area contributed by atoms with Gasteiger partial charge < -0.3 is 19.9 Å². The van der Waals surface area contributed by atoms with Crippen LogP contribution in [-0.4, -0.2) is 32.5 Å². The lowest BCUT2D eigenvalue weighted by atomic mass is 9.88. The molecular weight excluding hydrogens is 242 g/mol. The molecule has 108 valence electrons. The van der Waals surface area contributed by atoms with Crippen molar-refractivity contribution in [3.63, 3.8) is 0 Å². The molecule has 1 aromatic carbocycles. The van der Waals surface area contributed by atoms with Gasteiger partial charge >= 0.3 is 0 Å². The lowest BCUT2D eigenvalue weighted by Crippen LogP contribution is -2.34. The largest absolute Gasteiger partial charge is 0.493 e. The monoisotopic (exact) mass is 267 g/mol. The zero-order chi connectivity index (χ0) is 14.3. The van der Waals surface area contributed by atoms with Gasteiger partial charge in [-0.2, -0.15) is 0 Å². The number of ether oxygens (including phenoxy) is 2. The predicted molar refractivity (Wildman–Crippen MR) is 76.7 cm³/mol. The molecule has 0 spiro atoms.